The smallest absolute Gasteiger partial charge is 0.407 e. The Bertz CT molecular complexity index is 655. The third-order valence-electron chi connectivity index (χ3n) is 4.47. The van der Waals surface area contributed by atoms with E-state index in [1.54, 1.807) is 0 Å². The van der Waals surface area contributed by atoms with Crippen LogP contribution >= 0.6 is 11.6 Å². The van der Waals surface area contributed by atoms with Gasteiger partial charge in [-0.3, -0.25) is 9.36 Å². The Morgan fingerprint density at radius 3 is 2.70 bits per heavy atom. The Hall–Kier alpha value is -1.60. The first-order valence-electron chi connectivity index (χ1n) is 7.45. The van der Waals surface area contributed by atoms with E-state index < -0.39 is 11.7 Å². The van der Waals surface area contributed by atoms with E-state index in [4.69, 9.17) is 11.6 Å². The van der Waals surface area contributed by atoms with Crippen LogP contribution in [0.2, 0.25) is 5.15 Å². The average Bonchev–Trinajstić information content (AvgIpc) is 2.41. The number of likely N-dealkylation sites (tertiary alicyclic amines) is 1. The van der Waals surface area contributed by atoms with E-state index >= 15 is 0 Å². The first kappa shape index (κ1) is 17.7. The largest absolute Gasteiger partial charge is 0.465 e. The summed E-state index contributed by atoms with van der Waals surface area (Å²) in [5.41, 5.74) is -1.86. The summed E-state index contributed by atoms with van der Waals surface area (Å²) in [6, 6.07) is 1.20. The number of hydrogen-bond donors (Lipinski definition) is 2. The molecule has 1 saturated heterocycles. The molecule has 2 atom stereocenters. The summed E-state index contributed by atoms with van der Waals surface area (Å²) in [5.74, 6) is -0.317. The van der Waals surface area contributed by atoms with Gasteiger partial charge in [0.25, 0.3) is 5.56 Å². The van der Waals surface area contributed by atoms with Crippen LogP contribution < -0.4 is 5.56 Å². The van der Waals surface area contributed by atoms with Gasteiger partial charge in [0.05, 0.1) is 18.5 Å². The van der Waals surface area contributed by atoms with Crippen LogP contribution in [0.15, 0.2) is 17.2 Å². The lowest BCUT2D eigenvalue weighted by molar-refractivity contribution is -0.114. The fourth-order valence-electron chi connectivity index (χ4n) is 3.24. The molecule has 23 heavy (non-hydrogen) atoms. The van der Waals surface area contributed by atoms with Crippen molar-refractivity contribution in [2.24, 2.45) is 11.3 Å². The maximum Gasteiger partial charge on any atom is 0.407 e. The van der Waals surface area contributed by atoms with Gasteiger partial charge in [0.15, 0.2) is 0 Å². The van der Waals surface area contributed by atoms with E-state index in [0.717, 1.165) is 0 Å². The maximum atomic E-state index is 12.0. The van der Waals surface area contributed by atoms with Crippen LogP contribution in [0.3, 0.4) is 0 Å². The van der Waals surface area contributed by atoms with Gasteiger partial charge in [-0.15, -0.1) is 0 Å². The number of carbonyl (C=O) groups is 1. The molecule has 1 fully saturated rings. The van der Waals surface area contributed by atoms with E-state index in [1.807, 2.05) is 20.8 Å². The molecule has 0 saturated carbocycles. The molecule has 2 rings (SSSR count). The minimum absolute atomic E-state index is 0.0609. The van der Waals surface area contributed by atoms with Crippen LogP contribution in [-0.4, -0.2) is 49.4 Å². The molecule has 1 aromatic rings. The van der Waals surface area contributed by atoms with Crippen molar-refractivity contribution in [3.05, 3.63) is 27.9 Å². The fraction of sp³-hybridized carbons (Fsp3) is 0.667. The molecular weight excluding hydrogens is 322 g/mol. The van der Waals surface area contributed by atoms with Crippen LogP contribution in [0.25, 0.3) is 0 Å². The second-order valence-electron chi connectivity index (χ2n) is 7.18. The monoisotopic (exact) mass is 343 g/mol. The van der Waals surface area contributed by atoms with Gasteiger partial charge < -0.3 is 15.1 Å². The molecule has 128 valence electrons. The van der Waals surface area contributed by atoms with Crippen molar-refractivity contribution in [1.82, 2.24) is 14.5 Å². The molecule has 7 nitrogen and oxygen atoms in total. The van der Waals surface area contributed by atoms with Gasteiger partial charge in [-0.2, -0.15) is 0 Å². The molecule has 1 aliphatic rings. The van der Waals surface area contributed by atoms with E-state index in [2.05, 4.69) is 4.98 Å². The van der Waals surface area contributed by atoms with Crippen molar-refractivity contribution in [3.8, 4) is 0 Å². The average molecular weight is 344 g/mol. The molecular formula is C15H22ClN3O4. The summed E-state index contributed by atoms with van der Waals surface area (Å²) >= 11 is 5.69. The van der Waals surface area contributed by atoms with Gasteiger partial charge in [0.2, 0.25) is 0 Å². The van der Waals surface area contributed by atoms with E-state index in [9.17, 15) is 19.8 Å². The Morgan fingerprint density at radius 2 is 2.17 bits per heavy atom. The van der Waals surface area contributed by atoms with Crippen molar-refractivity contribution in [2.75, 3.05) is 13.1 Å². The molecule has 2 heterocycles. The predicted molar refractivity (Wildman–Crippen MR) is 85.6 cm³/mol. The highest BCUT2D eigenvalue weighted by atomic mass is 35.5. The van der Waals surface area contributed by atoms with Crippen molar-refractivity contribution in [1.29, 1.82) is 0 Å². The van der Waals surface area contributed by atoms with Crippen LogP contribution in [-0.2, 0) is 6.54 Å². The fourth-order valence-corrected chi connectivity index (χ4v) is 3.38. The molecule has 2 N–H and O–H groups in total. The zero-order valence-electron chi connectivity index (χ0n) is 13.5. The second kappa shape index (κ2) is 6.13. The predicted octanol–water partition coefficient (Wildman–Crippen LogP) is 1.67. The summed E-state index contributed by atoms with van der Waals surface area (Å²) < 4.78 is 1.32. The highest BCUT2D eigenvalue weighted by molar-refractivity contribution is 6.29. The van der Waals surface area contributed by atoms with E-state index in [0.29, 0.717) is 0 Å². The number of piperidine rings is 1. The minimum Gasteiger partial charge on any atom is -0.465 e. The van der Waals surface area contributed by atoms with Gasteiger partial charge >= 0.3 is 6.09 Å². The number of amides is 1. The number of nitrogens with zero attached hydrogens (tertiary/aromatic N) is 3. The Kier molecular flexibility index (Phi) is 4.73. The summed E-state index contributed by atoms with van der Waals surface area (Å²) in [4.78, 5) is 28.5. The number of carboxylic acid groups (broad SMARTS) is 1. The number of aromatic nitrogens is 2. The Labute approximate surface area is 139 Å². The van der Waals surface area contributed by atoms with Crippen LogP contribution in [0.5, 0.6) is 0 Å². The molecule has 0 aliphatic carbocycles. The lowest BCUT2D eigenvalue weighted by Gasteiger charge is -2.49. The van der Waals surface area contributed by atoms with Gasteiger partial charge in [0.1, 0.15) is 5.15 Å². The zero-order valence-corrected chi connectivity index (χ0v) is 14.2. The van der Waals surface area contributed by atoms with Gasteiger partial charge in [-0.1, -0.05) is 32.4 Å². The maximum absolute atomic E-state index is 12.0. The topological polar surface area (TPSA) is 95.7 Å². The lowest BCUT2D eigenvalue weighted by Crippen LogP contribution is -2.59. The molecule has 0 radical (unpaired) electrons. The third-order valence-corrected chi connectivity index (χ3v) is 4.68. The van der Waals surface area contributed by atoms with E-state index in [-0.39, 0.29) is 48.1 Å². The normalized spacial score (nSPS) is 25.4. The van der Waals surface area contributed by atoms with Crippen LogP contribution in [0.4, 0.5) is 4.79 Å². The minimum atomic E-state index is -1.19. The van der Waals surface area contributed by atoms with E-state index in [1.165, 1.54) is 21.9 Å². The zero-order chi connectivity index (χ0) is 17.4. The second-order valence-corrected chi connectivity index (χ2v) is 7.57. The Morgan fingerprint density at radius 1 is 1.52 bits per heavy atom. The SMILES string of the molecule is CC(C)(C)C1CN(C(=O)O)CCC1(O)Cn1cnc(Cl)cc1=O. The first-order valence-corrected chi connectivity index (χ1v) is 7.83. The summed E-state index contributed by atoms with van der Waals surface area (Å²) in [5, 5.41) is 20.5. The van der Waals surface area contributed by atoms with Crippen molar-refractivity contribution in [3.63, 3.8) is 0 Å². The first-order chi connectivity index (χ1) is 10.5. The standard InChI is InChI=1S/C15H22ClN3O4/c1-14(2,3)10-7-18(13(21)22)5-4-15(10,23)8-19-9-17-11(16)6-12(19)20/h6,9-10,23H,4-5,7-8H2,1-3H3,(H,21,22). The van der Waals surface area contributed by atoms with Crippen molar-refractivity contribution in [2.45, 2.75) is 39.3 Å². The summed E-state index contributed by atoms with van der Waals surface area (Å²) in [7, 11) is 0. The van der Waals surface area contributed by atoms with Gasteiger partial charge in [0, 0.05) is 25.1 Å². The molecule has 0 aromatic carbocycles. The summed E-state index contributed by atoms with van der Waals surface area (Å²) in [6.07, 6.45) is 0.578. The molecule has 1 aromatic heterocycles. The van der Waals surface area contributed by atoms with Gasteiger partial charge in [-0.05, 0) is 11.8 Å². The quantitative estimate of drug-likeness (QED) is 0.796. The van der Waals surface area contributed by atoms with Crippen molar-refractivity contribution < 1.29 is 15.0 Å². The number of hydrogen-bond acceptors (Lipinski definition) is 4. The number of rotatable bonds is 2. The molecule has 8 heteroatoms. The third kappa shape index (κ3) is 3.84. The Balaban J connectivity index is 2.33. The van der Waals surface area contributed by atoms with Gasteiger partial charge in [-0.25, -0.2) is 9.78 Å². The number of aliphatic hydroxyl groups is 1. The molecule has 1 aliphatic heterocycles. The van der Waals surface area contributed by atoms with Crippen LogP contribution in [0, 0.1) is 11.3 Å². The molecule has 1 amide bonds. The highest BCUT2D eigenvalue weighted by Gasteiger charge is 2.48. The molecule has 0 bridgehead atoms. The van der Waals surface area contributed by atoms with Crippen LogP contribution in [0.1, 0.15) is 27.2 Å². The highest BCUT2D eigenvalue weighted by Crippen LogP contribution is 2.41. The summed E-state index contributed by atoms with van der Waals surface area (Å²) in [6.45, 7) is 6.38. The molecule has 2 unspecified atom stereocenters. The lowest BCUT2D eigenvalue weighted by atomic mass is 9.67. The van der Waals surface area contributed by atoms with Crippen molar-refractivity contribution >= 4 is 17.7 Å². The molecule has 0 spiro atoms. The number of halogens is 1.